The molecular weight excluding hydrogens is 300 g/mol. The lowest BCUT2D eigenvalue weighted by molar-refractivity contribution is 0.0791. The van der Waals surface area contributed by atoms with Crippen molar-refractivity contribution in [2.75, 3.05) is 39.6 Å². The van der Waals surface area contributed by atoms with Crippen molar-refractivity contribution in [2.24, 2.45) is 5.92 Å². The summed E-state index contributed by atoms with van der Waals surface area (Å²) in [5.74, 6) is 0.629. The Balaban J connectivity index is 1.53. The molecule has 0 spiro atoms. The van der Waals surface area contributed by atoms with E-state index >= 15 is 0 Å². The topological polar surface area (TPSA) is 52.8 Å². The molecular formula is C16H32O5Si. The normalized spacial score (nSPS) is 26.0. The average molecular weight is 333 g/mol. The van der Waals surface area contributed by atoms with Crippen molar-refractivity contribution in [2.45, 2.75) is 57.3 Å². The number of rotatable bonds is 15. The van der Waals surface area contributed by atoms with Gasteiger partial charge in [0.2, 0.25) is 0 Å². The molecule has 0 aliphatic carbocycles. The van der Waals surface area contributed by atoms with Gasteiger partial charge in [0.15, 0.2) is 0 Å². The van der Waals surface area contributed by atoms with Gasteiger partial charge < -0.3 is 23.4 Å². The monoisotopic (exact) mass is 332 g/mol. The van der Waals surface area contributed by atoms with E-state index in [0.29, 0.717) is 24.2 Å². The Hall–Kier alpha value is 0.0169. The van der Waals surface area contributed by atoms with Crippen molar-refractivity contribution in [3.05, 3.63) is 0 Å². The second-order valence-corrected chi connectivity index (χ2v) is 6.76. The van der Waals surface area contributed by atoms with Gasteiger partial charge >= 0.3 is 0 Å². The number of hydrogen-bond acceptors (Lipinski definition) is 5. The van der Waals surface area contributed by atoms with Crippen molar-refractivity contribution in [1.82, 2.24) is 0 Å². The largest absolute Gasteiger partial charge is 0.425 e. The first-order valence-electron chi connectivity index (χ1n) is 8.75. The molecule has 2 fully saturated rings. The van der Waals surface area contributed by atoms with E-state index in [2.05, 4.69) is 6.92 Å². The van der Waals surface area contributed by atoms with Crippen LogP contribution in [-0.2, 0) is 23.4 Å². The van der Waals surface area contributed by atoms with E-state index in [1.807, 2.05) is 0 Å². The minimum Gasteiger partial charge on any atom is -0.425 e. The van der Waals surface area contributed by atoms with Gasteiger partial charge in [-0.2, -0.15) is 0 Å². The van der Waals surface area contributed by atoms with Crippen LogP contribution in [0.15, 0.2) is 0 Å². The highest BCUT2D eigenvalue weighted by Gasteiger charge is 2.23. The molecule has 3 unspecified atom stereocenters. The molecule has 6 heteroatoms. The van der Waals surface area contributed by atoms with Gasteiger partial charge in [-0.1, -0.05) is 6.92 Å². The van der Waals surface area contributed by atoms with E-state index in [1.165, 1.54) is 12.8 Å². The van der Waals surface area contributed by atoms with E-state index in [-0.39, 0.29) is 0 Å². The summed E-state index contributed by atoms with van der Waals surface area (Å²) in [6, 6.07) is 0. The smallest absolute Gasteiger partial charge is 0.146 e. The molecule has 5 nitrogen and oxygen atoms in total. The Bertz CT molecular complexity index is 258. The van der Waals surface area contributed by atoms with Crippen LogP contribution < -0.4 is 0 Å². The second-order valence-electron chi connectivity index (χ2n) is 6.29. The Morgan fingerprint density at radius 3 is 1.86 bits per heavy atom. The third-order valence-electron chi connectivity index (χ3n) is 4.37. The lowest BCUT2D eigenvalue weighted by Crippen LogP contribution is -2.23. The highest BCUT2D eigenvalue weighted by molar-refractivity contribution is 5.98. The quantitative estimate of drug-likeness (QED) is 0.255. The van der Waals surface area contributed by atoms with E-state index in [9.17, 15) is 0 Å². The van der Waals surface area contributed by atoms with Crippen LogP contribution in [0.4, 0.5) is 0 Å². The minimum atomic E-state index is 0.372. The van der Waals surface area contributed by atoms with E-state index in [1.54, 1.807) is 0 Å². The molecule has 2 rings (SSSR count). The van der Waals surface area contributed by atoms with Crippen molar-refractivity contribution < 1.29 is 23.4 Å². The summed E-state index contributed by atoms with van der Waals surface area (Å²) in [5, 5.41) is 0. The summed E-state index contributed by atoms with van der Waals surface area (Å²) < 4.78 is 27.3. The SMILES string of the molecule is CCC(O[SiH3])C(CCCOCC1CO1)CCCOCC1CO1. The fraction of sp³-hybridized carbons (Fsp3) is 1.00. The zero-order valence-corrected chi connectivity index (χ0v) is 16.1. The van der Waals surface area contributed by atoms with E-state index in [4.69, 9.17) is 23.4 Å². The Kier molecular flexibility index (Phi) is 8.95. The van der Waals surface area contributed by atoms with Gasteiger partial charge in [-0.25, -0.2) is 0 Å². The fourth-order valence-electron chi connectivity index (χ4n) is 2.86. The molecule has 0 radical (unpaired) electrons. The van der Waals surface area contributed by atoms with Gasteiger partial charge in [0, 0.05) is 19.3 Å². The zero-order valence-electron chi connectivity index (χ0n) is 14.1. The second kappa shape index (κ2) is 10.7. The molecule has 0 aromatic heterocycles. The summed E-state index contributed by atoms with van der Waals surface area (Å²) >= 11 is 0. The van der Waals surface area contributed by atoms with Crippen LogP contribution in [-0.4, -0.2) is 68.4 Å². The lowest BCUT2D eigenvalue weighted by atomic mass is 9.91. The molecule has 130 valence electrons. The molecule has 22 heavy (non-hydrogen) atoms. The molecule has 2 heterocycles. The summed E-state index contributed by atoms with van der Waals surface area (Å²) in [6.07, 6.45) is 6.82. The molecule has 0 saturated carbocycles. The first kappa shape index (κ1) is 18.4. The Labute approximate surface area is 137 Å². The molecule has 2 saturated heterocycles. The van der Waals surface area contributed by atoms with Crippen molar-refractivity contribution in [3.63, 3.8) is 0 Å². The van der Waals surface area contributed by atoms with Gasteiger partial charge in [0.05, 0.1) is 26.4 Å². The van der Waals surface area contributed by atoms with Crippen LogP contribution in [0.1, 0.15) is 39.0 Å². The lowest BCUT2D eigenvalue weighted by Gasteiger charge is -2.25. The third-order valence-corrected chi connectivity index (χ3v) is 4.98. The first-order valence-corrected chi connectivity index (χ1v) is 9.56. The molecule has 0 bridgehead atoms. The Morgan fingerprint density at radius 1 is 1.00 bits per heavy atom. The molecule has 3 atom stereocenters. The van der Waals surface area contributed by atoms with Crippen LogP contribution in [0.5, 0.6) is 0 Å². The average Bonchev–Trinajstić information content (AvgIpc) is 3.41. The van der Waals surface area contributed by atoms with Gasteiger partial charge in [-0.05, 0) is 38.0 Å². The molecule has 0 N–H and O–H groups in total. The molecule has 0 aromatic carbocycles. The predicted octanol–water partition coefficient (Wildman–Crippen LogP) is 1.07. The van der Waals surface area contributed by atoms with Crippen LogP contribution in [0.3, 0.4) is 0 Å². The first-order chi connectivity index (χ1) is 10.8. The fourth-order valence-corrected chi connectivity index (χ4v) is 3.58. The van der Waals surface area contributed by atoms with Crippen LogP contribution in [0.25, 0.3) is 0 Å². The maximum absolute atomic E-state index is 5.79. The molecule has 2 aliphatic heterocycles. The summed E-state index contributed by atoms with van der Waals surface area (Å²) in [5.41, 5.74) is 0. The molecule has 0 amide bonds. The summed E-state index contributed by atoms with van der Waals surface area (Å²) in [6.45, 7) is 7.16. The van der Waals surface area contributed by atoms with E-state index in [0.717, 1.165) is 69.4 Å². The van der Waals surface area contributed by atoms with Crippen LogP contribution in [0, 0.1) is 5.92 Å². The van der Waals surface area contributed by atoms with Crippen molar-refractivity contribution in [1.29, 1.82) is 0 Å². The third kappa shape index (κ3) is 8.03. The molecule has 0 aromatic rings. The molecule has 2 aliphatic rings. The minimum absolute atomic E-state index is 0.372. The summed E-state index contributed by atoms with van der Waals surface area (Å²) in [4.78, 5) is 0. The number of ether oxygens (including phenoxy) is 4. The van der Waals surface area contributed by atoms with Crippen molar-refractivity contribution >= 4 is 10.5 Å². The van der Waals surface area contributed by atoms with E-state index < -0.39 is 0 Å². The van der Waals surface area contributed by atoms with Gasteiger partial charge in [-0.3, -0.25) is 0 Å². The number of epoxide rings is 2. The van der Waals surface area contributed by atoms with Crippen molar-refractivity contribution in [3.8, 4) is 0 Å². The van der Waals surface area contributed by atoms with Crippen LogP contribution in [0.2, 0.25) is 0 Å². The number of hydrogen-bond donors (Lipinski definition) is 0. The van der Waals surface area contributed by atoms with Gasteiger partial charge in [0.25, 0.3) is 0 Å². The van der Waals surface area contributed by atoms with Gasteiger partial charge in [-0.15, -0.1) is 0 Å². The highest BCUT2D eigenvalue weighted by atomic mass is 28.2. The Morgan fingerprint density at radius 2 is 1.50 bits per heavy atom. The highest BCUT2D eigenvalue weighted by Crippen LogP contribution is 2.23. The predicted molar refractivity (Wildman–Crippen MR) is 88.2 cm³/mol. The standard InChI is InChI=1S/C16H32O5Si/c1-2-16(21-22)13(5-3-7-17-9-14-11-19-14)6-4-8-18-10-15-12-20-15/h13-16H,2-12H2,1,22H3. The maximum atomic E-state index is 5.79. The summed E-state index contributed by atoms with van der Waals surface area (Å²) in [7, 11) is 0.816. The van der Waals surface area contributed by atoms with Crippen LogP contribution >= 0.6 is 0 Å². The zero-order chi connectivity index (χ0) is 15.6. The maximum Gasteiger partial charge on any atom is 0.146 e. The van der Waals surface area contributed by atoms with Gasteiger partial charge in [0.1, 0.15) is 22.7 Å².